The van der Waals surface area contributed by atoms with Crippen molar-refractivity contribution in [2.24, 2.45) is 0 Å². The Morgan fingerprint density at radius 3 is 2.78 bits per heavy atom. The Kier molecular flexibility index (Phi) is 3.52. The van der Waals surface area contributed by atoms with E-state index in [1.54, 1.807) is 11.8 Å². The smallest absolute Gasteiger partial charge is 0.317 e. The number of phenols is 1. The summed E-state index contributed by atoms with van der Waals surface area (Å²) in [5.41, 5.74) is 0.433. The van der Waals surface area contributed by atoms with E-state index in [-0.39, 0.29) is 24.4 Å². The van der Waals surface area contributed by atoms with Crippen molar-refractivity contribution in [3.05, 3.63) is 29.6 Å². The van der Waals surface area contributed by atoms with E-state index in [0.29, 0.717) is 5.56 Å². The minimum absolute atomic E-state index is 0.0000567. The van der Waals surface area contributed by atoms with E-state index in [1.807, 2.05) is 0 Å². The summed E-state index contributed by atoms with van der Waals surface area (Å²) < 4.78 is 13.2. The Morgan fingerprint density at radius 2 is 2.22 bits per heavy atom. The highest BCUT2D eigenvalue weighted by Gasteiger charge is 2.34. The average Bonchev–Trinajstić information content (AvgIpc) is 3.12. The lowest BCUT2D eigenvalue weighted by atomic mass is 10.1. The highest BCUT2D eigenvalue weighted by molar-refractivity contribution is 5.69. The van der Waals surface area contributed by atoms with Gasteiger partial charge in [0.2, 0.25) is 0 Å². The zero-order valence-electron chi connectivity index (χ0n) is 10.1. The maximum Gasteiger partial charge on any atom is 0.317 e. The minimum atomic E-state index is -0.912. The van der Waals surface area contributed by atoms with Gasteiger partial charge in [0, 0.05) is 17.6 Å². The number of benzene rings is 1. The third-order valence-corrected chi connectivity index (χ3v) is 3.27. The van der Waals surface area contributed by atoms with Gasteiger partial charge in [0.1, 0.15) is 11.6 Å². The molecule has 0 spiro atoms. The molecule has 2 rings (SSSR count). The molecule has 0 heterocycles. The zero-order valence-corrected chi connectivity index (χ0v) is 10.1. The van der Waals surface area contributed by atoms with Crippen LogP contribution in [-0.2, 0) is 4.79 Å². The predicted octanol–water partition coefficient (Wildman–Crippen LogP) is 2.14. The number of hydrogen-bond donors (Lipinski definition) is 2. The molecule has 1 saturated carbocycles. The number of aromatic hydroxyl groups is 1. The van der Waals surface area contributed by atoms with Crippen molar-refractivity contribution in [2.45, 2.75) is 31.8 Å². The van der Waals surface area contributed by atoms with Gasteiger partial charge in [-0.3, -0.25) is 9.69 Å². The highest BCUT2D eigenvalue weighted by Crippen LogP contribution is 2.36. The lowest BCUT2D eigenvalue weighted by Crippen LogP contribution is -2.34. The molecule has 1 atom stereocenters. The van der Waals surface area contributed by atoms with Crippen molar-refractivity contribution in [3.8, 4) is 5.75 Å². The number of hydrogen-bond acceptors (Lipinski definition) is 3. The molecule has 1 fully saturated rings. The molecule has 0 aromatic heterocycles. The number of aliphatic carboxylic acids is 1. The van der Waals surface area contributed by atoms with Crippen LogP contribution in [0.4, 0.5) is 4.39 Å². The fourth-order valence-corrected chi connectivity index (χ4v) is 2.18. The standard InChI is InChI=1S/C13H16FNO3/c1-8(11-6-9(14)2-5-12(11)16)15(7-13(17)18)10-3-4-10/h2,5-6,8,10,16H,3-4,7H2,1H3,(H,17,18). The van der Waals surface area contributed by atoms with Gasteiger partial charge in [0.25, 0.3) is 0 Å². The molecule has 1 unspecified atom stereocenters. The van der Waals surface area contributed by atoms with Crippen molar-refractivity contribution in [3.63, 3.8) is 0 Å². The number of carbonyl (C=O) groups is 1. The number of nitrogens with zero attached hydrogens (tertiary/aromatic N) is 1. The molecule has 5 heteroatoms. The first-order valence-electron chi connectivity index (χ1n) is 5.95. The summed E-state index contributed by atoms with van der Waals surface area (Å²) in [6.45, 7) is 1.69. The van der Waals surface area contributed by atoms with Crippen LogP contribution < -0.4 is 0 Å². The second-order valence-electron chi connectivity index (χ2n) is 4.68. The van der Waals surface area contributed by atoms with Gasteiger partial charge in [-0.05, 0) is 38.0 Å². The summed E-state index contributed by atoms with van der Waals surface area (Å²) in [7, 11) is 0. The van der Waals surface area contributed by atoms with Gasteiger partial charge in [-0.1, -0.05) is 0 Å². The molecular weight excluding hydrogens is 237 g/mol. The minimum Gasteiger partial charge on any atom is -0.508 e. The number of phenolic OH excluding ortho intramolecular Hbond substituents is 1. The van der Waals surface area contributed by atoms with Crippen molar-refractivity contribution in [1.82, 2.24) is 4.90 Å². The summed E-state index contributed by atoms with van der Waals surface area (Å²) >= 11 is 0. The molecular formula is C13H16FNO3. The highest BCUT2D eigenvalue weighted by atomic mass is 19.1. The number of carboxylic acid groups (broad SMARTS) is 1. The third kappa shape index (κ3) is 2.79. The van der Waals surface area contributed by atoms with Gasteiger partial charge >= 0.3 is 5.97 Å². The molecule has 0 amide bonds. The van der Waals surface area contributed by atoms with Crippen LogP contribution in [0.2, 0.25) is 0 Å². The average molecular weight is 253 g/mol. The number of halogens is 1. The Labute approximate surface area is 105 Å². The fraction of sp³-hybridized carbons (Fsp3) is 0.462. The molecule has 0 aliphatic heterocycles. The van der Waals surface area contributed by atoms with Crippen LogP contribution in [-0.4, -0.2) is 33.7 Å². The van der Waals surface area contributed by atoms with Crippen LogP contribution in [0, 0.1) is 5.82 Å². The summed E-state index contributed by atoms with van der Waals surface area (Å²) in [4.78, 5) is 12.6. The SMILES string of the molecule is CC(c1cc(F)ccc1O)N(CC(=O)O)C1CC1. The van der Waals surface area contributed by atoms with Crippen LogP contribution in [0.3, 0.4) is 0 Å². The molecule has 2 N–H and O–H groups in total. The second kappa shape index (κ2) is 4.94. The molecule has 1 aliphatic carbocycles. The van der Waals surface area contributed by atoms with Gasteiger partial charge < -0.3 is 10.2 Å². The van der Waals surface area contributed by atoms with Crippen molar-refractivity contribution in [2.75, 3.05) is 6.54 Å². The lowest BCUT2D eigenvalue weighted by Gasteiger charge is -2.28. The fourth-order valence-electron chi connectivity index (χ4n) is 2.18. The van der Waals surface area contributed by atoms with E-state index in [2.05, 4.69) is 0 Å². The normalized spacial score (nSPS) is 16.8. The number of rotatable bonds is 5. The predicted molar refractivity (Wildman–Crippen MR) is 63.8 cm³/mol. The summed E-state index contributed by atoms with van der Waals surface area (Å²) in [5.74, 6) is -1.34. The molecule has 4 nitrogen and oxygen atoms in total. The quantitative estimate of drug-likeness (QED) is 0.844. The molecule has 1 aromatic carbocycles. The van der Waals surface area contributed by atoms with Gasteiger partial charge in [-0.2, -0.15) is 0 Å². The molecule has 0 saturated heterocycles. The first-order valence-corrected chi connectivity index (χ1v) is 5.95. The van der Waals surface area contributed by atoms with Crippen LogP contribution in [0.15, 0.2) is 18.2 Å². The van der Waals surface area contributed by atoms with Crippen LogP contribution >= 0.6 is 0 Å². The Morgan fingerprint density at radius 1 is 1.56 bits per heavy atom. The Bertz CT molecular complexity index is 460. The summed E-state index contributed by atoms with van der Waals surface area (Å²) in [6, 6.07) is 3.65. The van der Waals surface area contributed by atoms with Gasteiger partial charge in [0.15, 0.2) is 0 Å². The largest absolute Gasteiger partial charge is 0.508 e. The lowest BCUT2D eigenvalue weighted by molar-refractivity contribution is -0.139. The van der Waals surface area contributed by atoms with Gasteiger partial charge in [0.05, 0.1) is 6.54 Å². The van der Waals surface area contributed by atoms with Crippen LogP contribution in [0.25, 0.3) is 0 Å². The van der Waals surface area contributed by atoms with Gasteiger partial charge in [-0.15, -0.1) is 0 Å². The van der Waals surface area contributed by atoms with Crippen molar-refractivity contribution >= 4 is 5.97 Å². The Hall–Kier alpha value is -1.62. The van der Waals surface area contributed by atoms with Gasteiger partial charge in [-0.25, -0.2) is 4.39 Å². The van der Waals surface area contributed by atoms with E-state index >= 15 is 0 Å². The molecule has 0 bridgehead atoms. The molecule has 1 aromatic rings. The zero-order chi connectivity index (χ0) is 13.3. The maximum atomic E-state index is 13.2. The second-order valence-corrected chi connectivity index (χ2v) is 4.68. The summed E-state index contributed by atoms with van der Waals surface area (Å²) in [5, 5.41) is 18.7. The first-order chi connectivity index (χ1) is 8.49. The third-order valence-electron chi connectivity index (χ3n) is 3.27. The molecule has 18 heavy (non-hydrogen) atoms. The maximum absolute atomic E-state index is 13.2. The molecule has 0 radical (unpaired) electrons. The van der Waals surface area contributed by atoms with Crippen molar-refractivity contribution < 1.29 is 19.4 Å². The summed E-state index contributed by atoms with van der Waals surface area (Å²) in [6.07, 6.45) is 1.90. The van der Waals surface area contributed by atoms with E-state index in [0.717, 1.165) is 12.8 Å². The van der Waals surface area contributed by atoms with Crippen LogP contribution in [0.1, 0.15) is 31.4 Å². The van der Waals surface area contributed by atoms with E-state index < -0.39 is 11.8 Å². The number of carboxylic acids is 1. The Balaban J connectivity index is 2.23. The monoisotopic (exact) mass is 253 g/mol. The molecule has 1 aliphatic rings. The molecule has 98 valence electrons. The van der Waals surface area contributed by atoms with E-state index in [9.17, 15) is 14.3 Å². The van der Waals surface area contributed by atoms with Crippen molar-refractivity contribution in [1.29, 1.82) is 0 Å². The topological polar surface area (TPSA) is 60.8 Å². The van der Waals surface area contributed by atoms with E-state index in [1.165, 1.54) is 18.2 Å². The van der Waals surface area contributed by atoms with Crippen LogP contribution in [0.5, 0.6) is 5.75 Å². The first kappa shape index (κ1) is 12.8. The van der Waals surface area contributed by atoms with E-state index in [4.69, 9.17) is 5.11 Å².